The lowest BCUT2D eigenvalue weighted by molar-refractivity contribution is -0.119. The van der Waals surface area contributed by atoms with Crippen molar-refractivity contribution in [3.05, 3.63) is 89.5 Å². The normalized spacial score (nSPS) is 11.3. The number of carbonyl (C=O) groups excluding carboxylic acids is 1. The summed E-state index contributed by atoms with van der Waals surface area (Å²) in [6, 6.07) is 21.7. The average molecular weight is 495 g/mol. The van der Waals surface area contributed by atoms with Gasteiger partial charge in [-0.05, 0) is 82.5 Å². The molecule has 0 saturated heterocycles. The molecule has 7 heteroatoms. The van der Waals surface area contributed by atoms with Gasteiger partial charge in [-0.15, -0.1) is 0 Å². The van der Waals surface area contributed by atoms with E-state index in [1.54, 1.807) is 36.4 Å². The predicted octanol–water partition coefficient (Wildman–Crippen LogP) is 5.03. The molecule has 0 saturated carbocycles. The molecule has 0 heterocycles. The quantitative estimate of drug-likeness (QED) is 0.379. The van der Waals surface area contributed by atoms with Gasteiger partial charge in [-0.1, -0.05) is 47.5 Å². The molecule has 3 rings (SSSR count). The molecule has 35 heavy (non-hydrogen) atoms. The smallest absolute Gasteiger partial charge is 0.264 e. The number of carbonyl (C=O) groups is 1. The van der Waals surface area contributed by atoms with Crippen LogP contribution in [-0.4, -0.2) is 33.5 Å². The van der Waals surface area contributed by atoms with Gasteiger partial charge in [0.2, 0.25) is 5.91 Å². The molecule has 0 spiro atoms. The van der Waals surface area contributed by atoms with Gasteiger partial charge in [0.1, 0.15) is 12.3 Å². The molecule has 0 radical (unpaired) electrons. The van der Waals surface area contributed by atoms with E-state index in [4.69, 9.17) is 4.74 Å². The van der Waals surface area contributed by atoms with Crippen molar-refractivity contribution in [3.63, 3.8) is 0 Å². The van der Waals surface area contributed by atoms with Crippen LogP contribution in [0.15, 0.2) is 77.7 Å². The van der Waals surface area contributed by atoms with E-state index in [1.165, 1.54) is 4.31 Å². The lowest BCUT2D eigenvalue weighted by atomic mass is 10.1. The number of hydrogen-bond acceptors (Lipinski definition) is 4. The van der Waals surface area contributed by atoms with Crippen molar-refractivity contribution in [2.24, 2.45) is 0 Å². The largest absolute Gasteiger partial charge is 0.491 e. The molecule has 3 aromatic rings. The first kappa shape index (κ1) is 26.3. The van der Waals surface area contributed by atoms with Crippen LogP contribution in [0.2, 0.25) is 0 Å². The Hall–Kier alpha value is -3.32. The minimum absolute atomic E-state index is 0.109. The van der Waals surface area contributed by atoms with E-state index in [0.29, 0.717) is 12.2 Å². The van der Waals surface area contributed by atoms with E-state index in [-0.39, 0.29) is 23.5 Å². The van der Waals surface area contributed by atoms with E-state index >= 15 is 0 Å². The molecule has 1 amide bonds. The van der Waals surface area contributed by atoms with Crippen LogP contribution in [0.3, 0.4) is 0 Å². The maximum atomic E-state index is 13.4. The highest BCUT2D eigenvalue weighted by molar-refractivity contribution is 7.92. The molecular weight excluding hydrogens is 460 g/mol. The van der Waals surface area contributed by atoms with E-state index in [0.717, 1.165) is 35.3 Å². The maximum Gasteiger partial charge on any atom is 0.264 e. The maximum absolute atomic E-state index is 13.4. The number of amides is 1. The average Bonchev–Trinajstić information content (AvgIpc) is 2.81. The molecule has 0 aliphatic rings. The summed E-state index contributed by atoms with van der Waals surface area (Å²) >= 11 is 0. The predicted molar refractivity (Wildman–Crippen MR) is 140 cm³/mol. The van der Waals surface area contributed by atoms with Crippen molar-refractivity contribution in [1.82, 2.24) is 5.32 Å². The molecule has 3 aromatic carbocycles. The van der Waals surface area contributed by atoms with Gasteiger partial charge < -0.3 is 10.1 Å². The van der Waals surface area contributed by atoms with Crippen LogP contribution in [0.4, 0.5) is 5.69 Å². The van der Waals surface area contributed by atoms with Gasteiger partial charge in [0.25, 0.3) is 10.0 Å². The molecule has 0 bridgehead atoms. The molecule has 0 fully saturated rings. The van der Waals surface area contributed by atoms with Gasteiger partial charge in [-0.25, -0.2) is 8.42 Å². The standard InChI is InChI=1S/C28H34N2O4S/c1-21(2)34-26-9-5-7-24(19-26)8-6-18-29-28(31)20-30(25-14-10-22(3)11-15-25)35(32,33)27-16-12-23(4)13-17-27/h5,7,9-17,19,21H,6,8,18,20H2,1-4H3,(H,29,31). The third kappa shape index (κ3) is 7.59. The fourth-order valence-electron chi connectivity index (χ4n) is 3.62. The lowest BCUT2D eigenvalue weighted by Crippen LogP contribution is -2.41. The lowest BCUT2D eigenvalue weighted by Gasteiger charge is -2.24. The van der Waals surface area contributed by atoms with E-state index in [2.05, 4.69) is 5.32 Å². The van der Waals surface area contributed by atoms with E-state index < -0.39 is 10.0 Å². The van der Waals surface area contributed by atoms with E-state index in [1.807, 2.05) is 64.1 Å². The minimum atomic E-state index is -3.91. The number of sulfonamides is 1. The van der Waals surface area contributed by atoms with Crippen LogP contribution in [0, 0.1) is 13.8 Å². The van der Waals surface area contributed by atoms with Crippen molar-refractivity contribution in [2.75, 3.05) is 17.4 Å². The number of rotatable bonds is 11. The van der Waals surface area contributed by atoms with Crippen LogP contribution in [0.25, 0.3) is 0 Å². The Morgan fingerprint density at radius 3 is 2.20 bits per heavy atom. The van der Waals surface area contributed by atoms with Crippen molar-refractivity contribution < 1.29 is 17.9 Å². The van der Waals surface area contributed by atoms with Crippen molar-refractivity contribution in [2.45, 2.75) is 51.5 Å². The molecule has 6 nitrogen and oxygen atoms in total. The van der Waals surface area contributed by atoms with Gasteiger partial charge in [0.15, 0.2) is 0 Å². The van der Waals surface area contributed by atoms with E-state index in [9.17, 15) is 13.2 Å². The zero-order valence-corrected chi connectivity index (χ0v) is 21.6. The topological polar surface area (TPSA) is 75.7 Å². The monoisotopic (exact) mass is 494 g/mol. The first-order valence-electron chi connectivity index (χ1n) is 11.8. The number of hydrogen-bond donors (Lipinski definition) is 1. The van der Waals surface area contributed by atoms with Gasteiger partial charge in [-0.3, -0.25) is 9.10 Å². The zero-order chi connectivity index (χ0) is 25.4. The summed E-state index contributed by atoms with van der Waals surface area (Å²) in [6.07, 6.45) is 1.61. The molecule has 0 atom stereocenters. The van der Waals surface area contributed by atoms with Gasteiger partial charge >= 0.3 is 0 Å². The number of benzene rings is 3. The molecule has 0 aliphatic heterocycles. The Morgan fingerprint density at radius 1 is 0.943 bits per heavy atom. The molecule has 1 N–H and O–H groups in total. The number of aryl methyl sites for hydroxylation is 3. The highest BCUT2D eigenvalue weighted by atomic mass is 32.2. The Kier molecular flexibility index (Phi) is 8.93. The summed E-state index contributed by atoms with van der Waals surface area (Å²) in [4.78, 5) is 12.9. The Morgan fingerprint density at radius 2 is 1.57 bits per heavy atom. The molecular formula is C28H34N2O4S. The number of nitrogens with one attached hydrogen (secondary N) is 1. The summed E-state index contributed by atoms with van der Waals surface area (Å²) < 4.78 is 33.7. The third-order valence-electron chi connectivity index (χ3n) is 5.45. The number of ether oxygens (including phenoxy) is 1. The van der Waals surface area contributed by atoms with Gasteiger partial charge in [0.05, 0.1) is 16.7 Å². The number of anilines is 1. The molecule has 0 unspecified atom stereocenters. The van der Waals surface area contributed by atoms with Crippen LogP contribution in [0.5, 0.6) is 5.75 Å². The molecule has 0 aliphatic carbocycles. The minimum Gasteiger partial charge on any atom is -0.491 e. The fourth-order valence-corrected chi connectivity index (χ4v) is 5.04. The van der Waals surface area contributed by atoms with Crippen molar-refractivity contribution in [1.29, 1.82) is 0 Å². The summed E-state index contributed by atoms with van der Waals surface area (Å²) in [5.74, 6) is 0.481. The second-order valence-corrected chi connectivity index (χ2v) is 10.8. The van der Waals surface area contributed by atoms with Crippen LogP contribution in [0.1, 0.15) is 37.0 Å². The second-order valence-electron chi connectivity index (χ2n) is 8.93. The third-order valence-corrected chi connectivity index (χ3v) is 7.24. The summed E-state index contributed by atoms with van der Waals surface area (Å²) in [7, 11) is -3.91. The summed E-state index contributed by atoms with van der Waals surface area (Å²) in [6.45, 7) is 7.95. The second kappa shape index (κ2) is 11.9. The van der Waals surface area contributed by atoms with Crippen molar-refractivity contribution in [3.8, 4) is 5.75 Å². The molecule has 0 aromatic heterocycles. The van der Waals surface area contributed by atoms with Crippen molar-refractivity contribution >= 4 is 21.6 Å². The zero-order valence-electron chi connectivity index (χ0n) is 20.8. The van der Waals surface area contributed by atoms with Gasteiger partial charge in [-0.2, -0.15) is 0 Å². The van der Waals surface area contributed by atoms with Gasteiger partial charge in [0, 0.05) is 6.54 Å². The first-order chi connectivity index (χ1) is 16.6. The highest BCUT2D eigenvalue weighted by Gasteiger charge is 2.27. The molecule has 186 valence electrons. The Balaban J connectivity index is 1.65. The summed E-state index contributed by atoms with van der Waals surface area (Å²) in [5, 5.41) is 2.87. The first-order valence-corrected chi connectivity index (χ1v) is 13.3. The Labute approximate surface area is 209 Å². The number of nitrogens with zero attached hydrogens (tertiary/aromatic N) is 1. The van der Waals surface area contributed by atoms with Crippen LogP contribution < -0.4 is 14.4 Å². The SMILES string of the molecule is Cc1ccc(N(CC(=O)NCCCc2cccc(OC(C)C)c2)S(=O)(=O)c2ccc(C)cc2)cc1. The summed E-state index contributed by atoms with van der Waals surface area (Å²) in [5.41, 5.74) is 3.55. The fraction of sp³-hybridized carbons (Fsp3) is 0.321. The van der Waals surface area contributed by atoms with Crippen LogP contribution >= 0.6 is 0 Å². The highest BCUT2D eigenvalue weighted by Crippen LogP contribution is 2.24. The Bertz CT molecular complexity index is 1220. The van der Waals surface area contributed by atoms with Crippen LogP contribution in [-0.2, 0) is 21.2 Å².